The maximum Gasteiger partial charge on any atom is 0.335 e. The maximum atomic E-state index is 16.5. The van der Waals surface area contributed by atoms with Gasteiger partial charge in [0, 0.05) is 79.5 Å². The van der Waals surface area contributed by atoms with E-state index in [1.807, 2.05) is 97.1 Å². The SMILES string of the molecule is COc1cc(OC)cc(OC(=O)C(C(C)C)N2C(=O)c3cc(Oc4ccc(C(C)(C)C)cc4)c4c5c(Oc6ccc(C(C)(C)C)cc6)cc6c7c(cc(Oc8ccc(C(C)(C)C)cc8)c(c8c(Oc9ccc(C(C)(C)C)cc9)cc(c3c48)C2=O)c75)C(=O)N(C(C(=O)Oc2cc(OC)cc(OC)c2)C(C)C)C6=O)c1. The van der Waals surface area contributed by atoms with Crippen molar-refractivity contribution in [3.8, 4) is 80.5 Å². The van der Waals surface area contributed by atoms with Crippen LogP contribution in [-0.4, -0.2) is 85.9 Å². The van der Waals surface area contributed by atoms with Gasteiger partial charge >= 0.3 is 11.9 Å². The normalized spacial score (nSPS) is 13.9. The predicted octanol–water partition coefficient (Wildman–Crippen LogP) is 20.6. The van der Waals surface area contributed by atoms with E-state index in [0.29, 0.717) is 46.0 Å². The number of hydrogen-bond acceptors (Lipinski definition) is 16. The van der Waals surface area contributed by atoms with Crippen molar-refractivity contribution in [2.24, 2.45) is 11.8 Å². The van der Waals surface area contributed by atoms with Gasteiger partial charge in [0.15, 0.2) is 0 Å². The molecule has 2 aliphatic rings. The van der Waals surface area contributed by atoms with Gasteiger partial charge in [-0.1, -0.05) is 159 Å². The van der Waals surface area contributed by atoms with Crippen LogP contribution in [0.1, 0.15) is 174 Å². The molecule has 556 valence electrons. The molecule has 108 heavy (non-hydrogen) atoms. The lowest BCUT2D eigenvalue weighted by Gasteiger charge is -2.36. The molecule has 0 aliphatic carbocycles. The third kappa shape index (κ3) is 13.8. The van der Waals surface area contributed by atoms with E-state index in [-0.39, 0.29) is 122 Å². The van der Waals surface area contributed by atoms with Crippen molar-refractivity contribution in [1.29, 1.82) is 0 Å². The summed E-state index contributed by atoms with van der Waals surface area (Å²) in [4.78, 5) is 98.2. The number of imide groups is 2. The summed E-state index contributed by atoms with van der Waals surface area (Å²) in [5.74, 6) is -3.84. The molecule has 11 aromatic rings. The number of ether oxygens (including phenoxy) is 10. The van der Waals surface area contributed by atoms with Crippen molar-refractivity contribution in [1.82, 2.24) is 9.80 Å². The first-order valence-electron chi connectivity index (χ1n) is 36.1. The van der Waals surface area contributed by atoms with Crippen molar-refractivity contribution < 1.29 is 76.1 Å². The molecule has 0 spiro atoms. The van der Waals surface area contributed by atoms with Crippen LogP contribution in [0.2, 0.25) is 0 Å². The molecular formula is C90H90N2O16. The summed E-state index contributed by atoms with van der Waals surface area (Å²) < 4.78 is 63.8. The zero-order chi connectivity index (χ0) is 77.7. The Morgan fingerprint density at radius 3 is 0.667 bits per heavy atom. The van der Waals surface area contributed by atoms with Crippen LogP contribution in [0.4, 0.5) is 0 Å². The van der Waals surface area contributed by atoms with E-state index >= 15 is 28.8 Å². The molecule has 2 aliphatic heterocycles. The largest absolute Gasteiger partial charge is 0.496 e. The molecule has 11 aromatic carbocycles. The third-order valence-corrected chi connectivity index (χ3v) is 20.1. The van der Waals surface area contributed by atoms with Gasteiger partial charge in [0.1, 0.15) is 92.6 Å². The highest BCUT2D eigenvalue weighted by Crippen LogP contribution is 2.59. The summed E-state index contributed by atoms with van der Waals surface area (Å²) in [6.45, 7) is 32.0. The molecule has 0 bridgehead atoms. The Labute approximate surface area is 629 Å². The van der Waals surface area contributed by atoms with E-state index in [2.05, 4.69) is 83.1 Å². The Morgan fingerprint density at radius 2 is 0.481 bits per heavy atom. The zero-order valence-electron chi connectivity index (χ0n) is 64.7. The van der Waals surface area contributed by atoms with Crippen molar-refractivity contribution in [3.63, 3.8) is 0 Å². The summed E-state index contributed by atoms with van der Waals surface area (Å²) >= 11 is 0. The van der Waals surface area contributed by atoms with E-state index in [1.54, 1.807) is 64.1 Å². The lowest BCUT2D eigenvalue weighted by Crippen LogP contribution is -2.54. The van der Waals surface area contributed by atoms with Gasteiger partial charge in [0.05, 0.1) is 50.7 Å². The number of carbonyl (C=O) groups excluding carboxylic acids is 6. The second kappa shape index (κ2) is 27.9. The van der Waals surface area contributed by atoms with E-state index < -0.39 is 59.5 Å². The van der Waals surface area contributed by atoms with Crippen LogP contribution >= 0.6 is 0 Å². The molecule has 0 saturated heterocycles. The second-order valence-electron chi connectivity index (χ2n) is 32.5. The molecule has 2 heterocycles. The number of amides is 4. The lowest BCUT2D eigenvalue weighted by atomic mass is 9.80. The first-order chi connectivity index (χ1) is 51.0. The van der Waals surface area contributed by atoms with Crippen LogP contribution in [0.25, 0.3) is 43.1 Å². The lowest BCUT2D eigenvalue weighted by molar-refractivity contribution is -0.141. The Hall–Kier alpha value is -11.7. The standard InChI is InChI=1S/C90H90N2O16/c1-47(2)79(85(97)107-61-39-57(99-17)37-58(40-61)100-18)91-81(93)63-43-67(103-53-29-21-49(22-30-53)87(5,6)7)73-75-69(105-55-33-25-51(26-34-55)89(11,12)13)45-65-72-66(84(96)92(83(65)95)80(48(3)4)86(98)108-62-41-59(101-19)38-60(42-62)102-20)46-70(106-56-35-27-52(28-36-56)90(14,15)16)76(78(72)75)74-68(44-64(82(91)94)71(63)77(73)74)104-54-31-23-50(24-32-54)88(8,9)10/h21-48,79-80H,1-20H3. The molecule has 0 radical (unpaired) electrons. The highest BCUT2D eigenvalue weighted by molar-refractivity contribution is 6.45. The van der Waals surface area contributed by atoms with Crippen molar-refractivity contribution in [2.75, 3.05) is 28.4 Å². The number of benzene rings is 11. The van der Waals surface area contributed by atoms with Gasteiger partial charge in [-0.3, -0.25) is 29.0 Å². The fourth-order valence-corrected chi connectivity index (χ4v) is 14.4. The number of esters is 2. The van der Waals surface area contributed by atoms with Gasteiger partial charge in [0.2, 0.25) is 0 Å². The van der Waals surface area contributed by atoms with Crippen LogP contribution in [0.5, 0.6) is 80.5 Å². The van der Waals surface area contributed by atoms with Crippen molar-refractivity contribution in [3.05, 3.63) is 202 Å². The quantitative estimate of drug-likeness (QED) is 0.0229. The Morgan fingerprint density at radius 1 is 0.278 bits per heavy atom. The number of rotatable bonds is 20. The van der Waals surface area contributed by atoms with Crippen LogP contribution in [0.15, 0.2) is 158 Å². The van der Waals surface area contributed by atoms with Crippen LogP contribution in [0, 0.1) is 11.8 Å². The van der Waals surface area contributed by atoms with E-state index in [1.165, 1.54) is 52.7 Å². The molecule has 2 atom stereocenters. The van der Waals surface area contributed by atoms with Crippen molar-refractivity contribution >= 4 is 78.7 Å². The molecule has 0 fully saturated rings. The maximum absolute atomic E-state index is 16.5. The monoisotopic (exact) mass is 1450 g/mol. The Balaban J connectivity index is 1.19. The molecule has 13 rings (SSSR count). The van der Waals surface area contributed by atoms with Gasteiger partial charge in [-0.2, -0.15) is 0 Å². The molecule has 2 unspecified atom stereocenters. The number of nitrogens with zero attached hydrogens (tertiary/aromatic N) is 2. The summed E-state index contributed by atoms with van der Waals surface area (Å²) in [6, 6.07) is 42.7. The van der Waals surface area contributed by atoms with Gasteiger partial charge in [-0.25, -0.2) is 9.59 Å². The van der Waals surface area contributed by atoms with Gasteiger partial charge in [0.25, 0.3) is 23.6 Å². The smallest absolute Gasteiger partial charge is 0.335 e. The summed E-state index contributed by atoms with van der Waals surface area (Å²) in [5, 5.41) is 1.85. The second-order valence-corrected chi connectivity index (χ2v) is 32.5. The van der Waals surface area contributed by atoms with Gasteiger partial charge < -0.3 is 47.4 Å². The molecule has 0 N–H and O–H groups in total. The van der Waals surface area contributed by atoms with Crippen LogP contribution in [0.3, 0.4) is 0 Å². The first kappa shape index (κ1) is 74.6. The Bertz CT molecular complexity index is 4810. The van der Waals surface area contributed by atoms with Crippen molar-refractivity contribution in [2.45, 2.75) is 145 Å². The first-order valence-corrected chi connectivity index (χ1v) is 36.1. The molecule has 4 amide bonds. The minimum absolute atomic E-state index is 0.0355. The average molecular weight is 1460 g/mol. The topological polar surface area (TPSA) is 201 Å². The average Bonchev–Trinajstić information content (AvgIpc) is 0.670. The third-order valence-electron chi connectivity index (χ3n) is 20.1. The summed E-state index contributed by atoms with van der Waals surface area (Å²) in [7, 11) is 5.84. The molecule has 18 nitrogen and oxygen atoms in total. The number of fused-ring (bicyclic) bond motifs is 2. The van der Waals surface area contributed by atoms with E-state index in [4.69, 9.17) is 47.4 Å². The van der Waals surface area contributed by atoms with Gasteiger partial charge in [-0.05, 0) is 129 Å². The molecular weight excluding hydrogens is 1360 g/mol. The molecule has 0 aromatic heterocycles. The highest BCUT2D eigenvalue weighted by atomic mass is 16.6. The fraction of sp³-hybridized carbons (Fsp3) is 0.311. The predicted molar refractivity (Wildman–Crippen MR) is 417 cm³/mol. The zero-order valence-corrected chi connectivity index (χ0v) is 64.7. The van der Waals surface area contributed by atoms with E-state index in [9.17, 15) is 0 Å². The summed E-state index contributed by atoms with van der Waals surface area (Å²) in [5.41, 5.74) is 2.71. The fourth-order valence-electron chi connectivity index (χ4n) is 14.4. The van der Waals surface area contributed by atoms with Gasteiger partial charge in [-0.15, -0.1) is 0 Å². The van der Waals surface area contributed by atoms with Crippen LogP contribution in [-0.2, 0) is 31.2 Å². The number of hydrogen-bond donors (Lipinski definition) is 0. The van der Waals surface area contributed by atoms with Crippen LogP contribution < -0.4 is 47.4 Å². The Kier molecular flexibility index (Phi) is 19.3. The highest BCUT2D eigenvalue weighted by Gasteiger charge is 2.48. The molecule has 0 saturated carbocycles. The minimum atomic E-state index is -1.55. The number of carbonyl (C=O) groups is 6. The molecule has 18 heteroatoms. The summed E-state index contributed by atoms with van der Waals surface area (Å²) in [6.07, 6.45) is 0. The number of methoxy groups -OCH3 is 4. The minimum Gasteiger partial charge on any atom is -0.496 e. The van der Waals surface area contributed by atoms with E-state index in [0.717, 1.165) is 32.1 Å².